The molecule has 0 radical (unpaired) electrons. The molecule has 0 aromatic carbocycles. The summed E-state index contributed by atoms with van der Waals surface area (Å²) in [6, 6.07) is 0. The average molecular weight is 322 g/mol. The van der Waals surface area contributed by atoms with Gasteiger partial charge >= 0.3 is 35.5 Å². The summed E-state index contributed by atoms with van der Waals surface area (Å²) in [4.78, 5) is 16.3. The van der Waals surface area contributed by atoms with Gasteiger partial charge in [-0.05, 0) is 38.0 Å². The van der Waals surface area contributed by atoms with E-state index in [-0.39, 0.29) is 55.2 Å². The van der Waals surface area contributed by atoms with Gasteiger partial charge in [-0.25, -0.2) is 0 Å². The minimum Gasteiger partial charge on any atom is -0.862 e. The van der Waals surface area contributed by atoms with Crippen LogP contribution < -0.4 is 34.7 Å². The van der Waals surface area contributed by atoms with Gasteiger partial charge in [-0.1, -0.05) is 12.5 Å². The number of hydrogen-bond donors (Lipinski definition) is 2. The fraction of sp³-hybridized carbons (Fsp3) is 0.733. The molecule has 6 nitrogen and oxygen atoms in total. The molecule has 0 saturated heterocycles. The Morgan fingerprint density at radius 2 is 1.91 bits per heavy atom. The van der Waals surface area contributed by atoms with Crippen LogP contribution in [0.5, 0.6) is 0 Å². The second-order valence-electron chi connectivity index (χ2n) is 4.92. The summed E-state index contributed by atoms with van der Waals surface area (Å²) >= 11 is 0. The summed E-state index contributed by atoms with van der Waals surface area (Å²) in [7, 11) is 0. The molecule has 0 aromatic heterocycles. The van der Waals surface area contributed by atoms with Crippen molar-refractivity contribution in [2.75, 3.05) is 26.4 Å². The molecule has 0 fully saturated rings. The maximum atomic E-state index is 11.6. The summed E-state index contributed by atoms with van der Waals surface area (Å²) in [6.07, 6.45) is 6.68. The molecule has 0 aromatic rings. The smallest absolute Gasteiger partial charge is 0.862 e. The number of carboxylic acid groups (broad SMARTS) is 1. The van der Waals surface area contributed by atoms with Crippen molar-refractivity contribution in [3.8, 4) is 0 Å². The molecule has 0 rings (SSSR count). The van der Waals surface area contributed by atoms with Crippen LogP contribution in [0, 0.1) is 0 Å². The van der Waals surface area contributed by atoms with Gasteiger partial charge in [0.25, 0.3) is 0 Å². The van der Waals surface area contributed by atoms with Gasteiger partial charge in [-0.3, -0.25) is 14.7 Å². The molecule has 0 saturated carbocycles. The largest absolute Gasteiger partial charge is 1.00 e. The molecule has 0 atom stereocenters. The summed E-state index contributed by atoms with van der Waals surface area (Å²) in [5, 5.41) is 29.1. The Balaban J connectivity index is 0. The summed E-state index contributed by atoms with van der Waals surface area (Å²) in [5.74, 6) is -1.02. The number of carbonyl (C=O) groups is 1. The van der Waals surface area contributed by atoms with Crippen molar-refractivity contribution in [1.82, 2.24) is 4.90 Å². The van der Waals surface area contributed by atoms with E-state index >= 15 is 0 Å². The standard InChI is InChI=1S/C15H28N2O4.Na/c1-2-3-4-5-6-8-14(19)16-13-17(10-7-12-18)11-9-15(20)21;/h2,18H,1,3-13H2,(H,16,19)(H,20,21);/q;+1/p-1. The SMILES string of the molecule is C=CCCCCCC([O-])=NCN(CCCO)CCC(=O)O.[Na+]. The zero-order valence-corrected chi connectivity index (χ0v) is 15.7. The van der Waals surface area contributed by atoms with Crippen molar-refractivity contribution in [2.24, 2.45) is 4.99 Å². The fourth-order valence-electron chi connectivity index (χ4n) is 1.80. The Kier molecular flexibility index (Phi) is 18.4. The third-order valence-electron chi connectivity index (χ3n) is 3.02. The maximum Gasteiger partial charge on any atom is 1.00 e. The Bertz CT molecular complexity index is 325. The van der Waals surface area contributed by atoms with Crippen LogP contribution in [0.2, 0.25) is 0 Å². The molecule has 0 spiro atoms. The number of nitrogens with zero attached hydrogens (tertiary/aromatic N) is 2. The van der Waals surface area contributed by atoms with E-state index in [9.17, 15) is 9.90 Å². The molecule has 7 heteroatoms. The van der Waals surface area contributed by atoms with E-state index in [1.165, 1.54) is 0 Å². The topological polar surface area (TPSA) is 96.2 Å². The van der Waals surface area contributed by atoms with Gasteiger partial charge in [-0.15, -0.1) is 6.58 Å². The predicted molar refractivity (Wildman–Crippen MR) is 81.1 cm³/mol. The van der Waals surface area contributed by atoms with Crippen LogP contribution in [-0.2, 0) is 4.79 Å². The van der Waals surface area contributed by atoms with E-state index in [0.29, 0.717) is 25.9 Å². The zero-order valence-electron chi connectivity index (χ0n) is 13.7. The first kappa shape index (κ1) is 23.9. The van der Waals surface area contributed by atoms with Gasteiger partial charge in [0.15, 0.2) is 0 Å². The molecule has 0 unspecified atom stereocenters. The first-order valence-corrected chi connectivity index (χ1v) is 7.46. The van der Waals surface area contributed by atoms with E-state index in [4.69, 9.17) is 10.2 Å². The van der Waals surface area contributed by atoms with Gasteiger partial charge < -0.3 is 15.3 Å². The molecule has 0 aliphatic carbocycles. The number of hydrogen-bond acceptors (Lipinski definition) is 5. The van der Waals surface area contributed by atoms with Gasteiger partial charge in [-0.2, -0.15) is 0 Å². The molecule has 2 N–H and O–H groups in total. The van der Waals surface area contributed by atoms with Crippen LogP contribution >= 0.6 is 0 Å². The number of carboxylic acids is 1. The number of aliphatic hydroxyl groups is 1. The van der Waals surface area contributed by atoms with E-state index in [2.05, 4.69) is 11.6 Å². The van der Waals surface area contributed by atoms with Crippen LogP contribution in [0.1, 0.15) is 44.9 Å². The monoisotopic (exact) mass is 322 g/mol. The first-order valence-electron chi connectivity index (χ1n) is 7.46. The van der Waals surface area contributed by atoms with E-state index < -0.39 is 5.97 Å². The Hall–Kier alpha value is -0.400. The number of aliphatic carboxylic acids is 1. The normalized spacial score (nSPS) is 11.3. The number of allylic oxidation sites excluding steroid dienone is 1. The van der Waals surface area contributed by atoms with Gasteiger partial charge in [0.2, 0.25) is 0 Å². The second kappa shape index (κ2) is 17.0. The Labute approximate surface area is 155 Å². The molecule has 122 valence electrons. The molecule has 0 aliphatic heterocycles. The predicted octanol–water partition coefficient (Wildman–Crippen LogP) is -2.00. The number of unbranched alkanes of at least 4 members (excludes halogenated alkanes) is 3. The quantitative estimate of drug-likeness (QED) is 0.127. The Morgan fingerprint density at radius 1 is 1.18 bits per heavy atom. The number of rotatable bonds is 14. The van der Waals surface area contributed by atoms with Crippen molar-refractivity contribution < 1.29 is 49.7 Å². The molecule has 0 bridgehead atoms. The number of aliphatic hydroxyl groups excluding tert-OH is 1. The maximum absolute atomic E-state index is 11.6. The van der Waals surface area contributed by atoms with Gasteiger partial charge in [0, 0.05) is 19.7 Å². The molecule has 22 heavy (non-hydrogen) atoms. The molecule has 0 aliphatic rings. The third kappa shape index (κ3) is 16.0. The van der Waals surface area contributed by atoms with Gasteiger partial charge in [0.1, 0.15) is 0 Å². The summed E-state index contributed by atoms with van der Waals surface area (Å²) in [6.45, 7) is 4.78. The van der Waals surface area contributed by atoms with Gasteiger partial charge in [0.05, 0.1) is 13.1 Å². The van der Waals surface area contributed by atoms with E-state index in [0.717, 1.165) is 25.7 Å². The van der Waals surface area contributed by atoms with Crippen LogP contribution in [0.25, 0.3) is 0 Å². The number of aliphatic imine (C=N–C) groups is 1. The minimum atomic E-state index is -0.877. The molecule has 0 amide bonds. The van der Waals surface area contributed by atoms with Crippen molar-refractivity contribution in [2.45, 2.75) is 44.9 Å². The van der Waals surface area contributed by atoms with Crippen LogP contribution in [0.15, 0.2) is 17.6 Å². The molecule has 0 heterocycles. The van der Waals surface area contributed by atoms with Crippen molar-refractivity contribution in [1.29, 1.82) is 0 Å². The van der Waals surface area contributed by atoms with Crippen molar-refractivity contribution in [3.05, 3.63) is 12.7 Å². The molecular weight excluding hydrogens is 295 g/mol. The second-order valence-corrected chi connectivity index (χ2v) is 4.92. The first-order chi connectivity index (χ1) is 10.1. The van der Waals surface area contributed by atoms with Crippen LogP contribution in [-0.4, -0.2) is 53.3 Å². The van der Waals surface area contributed by atoms with Crippen LogP contribution in [0.3, 0.4) is 0 Å². The van der Waals surface area contributed by atoms with Crippen LogP contribution in [0.4, 0.5) is 0 Å². The minimum absolute atomic E-state index is 0. The third-order valence-corrected chi connectivity index (χ3v) is 3.02. The summed E-state index contributed by atoms with van der Waals surface area (Å²) < 4.78 is 0. The zero-order chi connectivity index (χ0) is 15.9. The van der Waals surface area contributed by atoms with Crippen molar-refractivity contribution >= 4 is 11.9 Å². The van der Waals surface area contributed by atoms with E-state index in [1.54, 1.807) is 4.90 Å². The fourth-order valence-corrected chi connectivity index (χ4v) is 1.80. The Morgan fingerprint density at radius 3 is 2.50 bits per heavy atom. The average Bonchev–Trinajstić information content (AvgIpc) is 2.46. The summed E-state index contributed by atoms with van der Waals surface area (Å²) in [5.41, 5.74) is 0. The van der Waals surface area contributed by atoms with Crippen molar-refractivity contribution in [3.63, 3.8) is 0 Å². The molecular formula is C15H27N2NaO4. The van der Waals surface area contributed by atoms with E-state index in [1.807, 2.05) is 6.08 Å².